The molecule has 5 heteroatoms. The Bertz CT molecular complexity index is 854. The molecule has 0 spiro atoms. The molecule has 0 bridgehead atoms. The van der Waals surface area contributed by atoms with Crippen molar-refractivity contribution in [1.82, 2.24) is 10.2 Å². The molecule has 2 aromatic carbocycles. The van der Waals surface area contributed by atoms with Crippen LogP contribution < -0.4 is 5.32 Å². The van der Waals surface area contributed by atoms with E-state index in [0.29, 0.717) is 25.1 Å². The van der Waals surface area contributed by atoms with Crippen LogP contribution >= 0.6 is 11.8 Å². The first-order chi connectivity index (χ1) is 14.6. The van der Waals surface area contributed by atoms with Crippen LogP contribution in [0.15, 0.2) is 53.4 Å². The van der Waals surface area contributed by atoms with E-state index in [4.69, 9.17) is 0 Å². The van der Waals surface area contributed by atoms with Crippen LogP contribution in [-0.4, -0.2) is 34.0 Å². The summed E-state index contributed by atoms with van der Waals surface area (Å²) in [7, 11) is 0. The van der Waals surface area contributed by atoms with Crippen LogP contribution in [-0.2, 0) is 16.1 Å². The molecule has 0 saturated carbocycles. The van der Waals surface area contributed by atoms with Crippen LogP contribution in [0.4, 0.5) is 0 Å². The minimum absolute atomic E-state index is 0.0103. The molecule has 168 valence electrons. The maximum absolute atomic E-state index is 13.3. The molecule has 0 aliphatic rings. The number of amides is 2. The van der Waals surface area contributed by atoms with Gasteiger partial charge in [0.2, 0.25) is 11.8 Å². The molecule has 4 nitrogen and oxygen atoms in total. The van der Waals surface area contributed by atoms with E-state index in [1.807, 2.05) is 58.9 Å². The van der Waals surface area contributed by atoms with Crippen molar-refractivity contribution < 1.29 is 9.59 Å². The van der Waals surface area contributed by atoms with E-state index in [2.05, 4.69) is 36.5 Å². The first-order valence-corrected chi connectivity index (χ1v) is 11.9. The van der Waals surface area contributed by atoms with Gasteiger partial charge in [0.1, 0.15) is 6.04 Å². The smallest absolute Gasteiger partial charge is 0.243 e. The number of benzene rings is 2. The van der Waals surface area contributed by atoms with Gasteiger partial charge >= 0.3 is 0 Å². The molecule has 1 N–H and O–H groups in total. The summed E-state index contributed by atoms with van der Waals surface area (Å²) in [6.45, 7) is 12.4. The first-order valence-electron chi connectivity index (χ1n) is 11.0. The monoisotopic (exact) mass is 440 g/mol. The summed E-state index contributed by atoms with van der Waals surface area (Å²) in [5.41, 5.74) is 3.09. The topological polar surface area (TPSA) is 49.4 Å². The van der Waals surface area contributed by atoms with Crippen molar-refractivity contribution in [3.63, 3.8) is 0 Å². The van der Waals surface area contributed by atoms with Crippen LogP contribution in [0.1, 0.15) is 57.2 Å². The van der Waals surface area contributed by atoms with Gasteiger partial charge in [0, 0.05) is 29.2 Å². The van der Waals surface area contributed by atoms with Gasteiger partial charge in [-0.15, -0.1) is 11.8 Å². The summed E-state index contributed by atoms with van der Waals surface area (Å²) >= 11 is 1.67. The third-order valence-corrected chi connectivity index (χ3v) is 5.98. The summed E-state index contributed by atoms with van der Waals surface area (Å²) in [5.74, 6) is 0.599. The quantitative estimate of drug-likeness (QED) is 0.523. The highest BCUT2D eigenvalue weighted by Gasteiger charge is 2.30. The largest absolute Gasteiger partial charge is 0.350 e. The van der Waals surface area contributed by atoms with E-state index in [1.165, 1.54) is 11.1 Å². The van der Waals surface area contributed by atoms with Crippen molar-refractivity contribution in [3.05, 3.63) is 65.2 Å². The summed E-state index contributed by atoms with van der Waals surface area (Å²) < 4.78 is 0. The van der Waals surface area contributed by atoms with E-state index in [1.54, 1.807) is 16.7 Å². The van der Waals surface area contributed by atoms with Gasteiger partial charge in [0.25, 0.3) is 0 Å². The third kappa shape index (κ3) is 8.41. The predicted molar refractivity (Wildman–Crippen MR) is 130 cm³/mol. The molecule has 31 heavy (non-hydrogen) atoms. The Hall–Kier alpha value is -2.27. The van der Waals surface area contributed by atoms with Crippen molar-refractivity contribution in [1.29, 1.82) is 0 Å². The highest BCUT2D eigenvalue weighted by Crippen LogP contribution is 2.21. The van der Waals surface area contributed by atoms with Gasteiger partial charge in [0.05, 0.1) is 0 Å². The van der Waals surface area contributed by atoms with Gasteiger partial charge in [-0.05, 0) is 58.7 Å². The Balaban J connectivity index is 2.14. The predicted octanol–water partition coefficient (Wildman–Crippen LogP) is 5.51. The molecule has 2 amide bonds. The lowest BCUT2D eigenvalue weighted by Gasteiger charge is -2.33. The van der Waals surface area contributed by atoms with Gasteiger partial charge in [-0.2, -0.15) is 0 Å². The van der Waals surface area contributed by atoms with Gasteiger partial charge in [-0.1, -0.05) is 54.4 Å². The average Bonchev–Trinajstić information content (AvgIpc) is 2.69. The second kappa shape index (κ2) is 11.4. The Morgan fingerprint density at radius 3 is 2.03 bits per heavy atom. The molecule has 0 heterocycles. The van der Waals surface area contributed by atoms with Crippen molar-refractivity contribution in [2.45, 2.75) is 77.4 Å². The average molecular weight is 441 g/mol. The van der Waals surface area contributed by atoms with Crippen LogP contribution in [0.25, 0.3) is 0 Å². The van der Waals surface area contributed by atoms with Crippen molar-refractivity contribution >= 4 is 23.6 Å². The van der Waals surface area contributed by atoms with Crippen LogP contribution in [0.5, 0.6) is 0 Å². The van der Waals surface area contributed by atoms with E-state index < -0.39 is 6.04 Å². The highest BCUT2D eigenvalue weighted by atomic mass is 32.2. The summed E-state index contributed by atoms with van der Waals surface area (Å²) in [6, 6.07) is 16.0. The van der Waals surface area contributed by atoms with Crippen LogP contribution in [0, 0.1) is 13.8 Å². The molecule has 0 saturated heterocycles. The van der Waals surface area contributed by atoms with E-state index in [0.717, 1.165) is 10.5 Å². The normalized spacial score (nSPS) is 12.3. The Morgan fingerprint density at radius 1 is 0.968 bits per heavy atom. The van der Waals surface area contributed by atoms with E-state index in [-0.39, 0.29) is 17.4 Å². The first kappa shape index (κ1) is 25.0. The van der Waals surface area contributed by atoms with E-state index >= 15 is 0 Å². The zero-order valence-corrected chi connectivity index (χ0v) is 20.5. The standard InChI is InChI=1S/C26H36N2O2S/c1-7-23(25(30)27-26(4,5)6)28(18-21-12-8-19(2)9-13-21)24(29)16-17-31-22-14-10-20(3)11-15-22/h8-15,23H,7,16-18H2,1-6H3,(H,27,30)/t23-/m1/s1. The molecule has 0 aliphatic heterocycles. The zero-order chi connectivity index (χ0) is 23.0. The minimum Gasteiger partial charge on any atom is -0.350 e. The number of hydrogen-bond acceptors (Lipinski definition) is 3. The molecule has 1 atom stereocenters. The maximum Gasteiger partial charge on any atom is 0.243 e. The number of rotatable bonds is 9. The lowest BCUT2D eigenvalue weighted by molar-refractivity contribution is -0.141. The fourth-order valence-corrected chi connectivity index (χ4v) is 4.14. The number of nitrogens with zero attached hydrogens (tertiary/aromatic N) is 1. The number of thioether (sulfide) groups is 1. The van der Waals surface area contributed by atoms with Crippen LogP contribution in [0.2, 0.25) is 0 Å². The molecule has 0 fully saturated rings. The Labute approximate surface area is 191 Å². The number of hydrogen-bond donors (Lipinski definition) is 1. The molecule has 0 aromatic heterocycles. The highest BCUT2D eigenvalue weighted by molar-refractivity contribution is 7.99. The lowest BCUT2D eigenvalue weighted by Crippen LogP contribution is -2.53. The van der Waals surface area contributed by atoms with Crippen molar-refractivity contribution in [2.24, 2.45) is 0 Å². The number of carbonyl (C=O) groups is 2. The second-order valence-corrected chi connectivity index (χ2v) is 10.3. The second-order valence-electron chi connectivity index (χ2n) is 9.08. The van der Waals surface area contributed by atoms with Gasteiger partial charge in [-0.3, -0.25) is 9.59 Å². The SMILES string of the molecule is CC[C@H](C(=O)NC(C)(C)C)N(Cc1ccc(C)cc1)C(=O)CCSc1ccc(C)cc1. The van der Waals surface area contributed by atoms with Crippen LogP contribution in [0.3, 0.4) is 0 Å². The molecule has 0 radical (unpaired) electrons. The molecular formula is C26H36N2O2S. The Kier molecular flexibility index (Phi) is 9.17. The molecule has 2 rings (SSSR count). The number of carbonyl (C=O) groups excluding carboxylic acids is 2. The number of nitrogens with one attached hydrogen (secondary N) is 1. The Morgan fingerprint density at radius 2 is 1.52 bits per heavy atom. The minimum atomic E-state index is -0.489. The lowest BCUT2D eigenvalue weighted by atomic mass is 10.0. The molecule has 2 aromatic rings. The fraction of sp³-hybridized carbons (Fsp3) is 0.462. The van der Waals surface area contributed by atoms with Crippen molar-refractivity contribution in [3.8, 4) is 0 Å². The number of aryl methyl sites for hydroxylation is 2. The zero-order valence-electron chi connectivity index (χ0n) is 19.7. The van der Waals surface area contributed by atoms with Gasteiger partial charge in [-0.25, -0.2) is 0 Å². The molecule has 0 unspecified atom stereocenters. The van der Waals surface area contributed by atoms with Crippen molar-refractivity contribution in [2.75, 3.05) is 5.75 Å². The van der Waals surface area contributed by atoms with Gasteiger partial charge < -0.3 is 10.2 Å². The summed E-state index contributed by atoms with van der Waals surface area (Å²) in [4.78, 5) is 29.2. The van der Waals surface area contributed by atoms with E-state index in [9.17, 15) is 9.59 Å². The summed E-state index contributed by atoms with van der Waals surface area (Å²) in [6.07, 6.45) is 0.967. The molecule has 0 aliphatic carbocycles. The third-order valence-electron chi connectivity index (χ3n) is 4.96. The summed E-state index contributed by atoms with van der Waals surface area (Å²) in [5, 5.41) is 3.05. The fourth-order valence-electron chi connectivity index (χ4n) is 3.30. The molecular weight excluding hydrogens is 404 g/mol. The maximum atomic E-state index is 13.3. The van der Waals surface area contributed by atoms with Gasteiger partial charge in [0.15, 0.2) is 0 Å².